The molecule has 1 aromatic heterocycles. The second-order valence-electron chi connectivity index (χ2n) is 7.49. The number of nitrogens with zero attached hydrogens (tertiary/aromatic N) is 4. The lowest BCUT2D eigenvalue weighted by Crippen LogP contribution is -2.48. The second-order valence-corrected chi connectivity index (χ2v) is 7.49. The Morgan fingerprint density at radius 3 is 2.62 bits per heavy atom. The first kappa shape index (κ1) is 17.2. The van der Waals surface area contributed by atoms with Gasteiger partial charge in [0.15, 0.2) is 5.82 Å². The summed E-state index contributed by atoms with van der Waals surface area (Å²) in [5.74, 6) is 2.58. The van der Waals surface area contributed by atoms with Crippen molar-refractivity contribution in [3.8, 4) is 0 Å². The van der Waals surface area contributed by atoms with Crippen LogP contribution in [0.3, 0.4) is 0 Å². The maximum atomic E-state index is 12.6. The summed E-state index contributed by atoms with van der Waals surface area (Å²) >= 11 is 0. The molecule has 6 heteroatoms. The predicted octanol–water partition coefficient (Wildman–Crippen LogP) is 2.79. The molecule has 1 saturated carbocycles. The van der Waals surface area contributed by atoms with Crippen LogP contribution in [0, 0.1) is 0 Å². The first-order valence-electron chi connectivity index (χ1n) is 9.56. The van der Waals surface area contributed by atoms with Crippen molar-refractivity contribution in [3.63, 3.8) is 0 Å². The summed E-state index contributed by atoms with van der Waals surface area (Å²) in [4.78, 5) is 21.4. The van der Waals surface area contributed by atoms with Gasteiger partial charge in [-0.2, -0.15) is 4.98 Å². The van der Waals surface area contributed by atoms with Crippen LogP contribution >= 0.6 is 0 Å². The van der Waals surface area contributed by atoms with Gasteiger partial charge < -0.3 is 9.42 Å². The van der Waals surface area contributed by atoms with Crippen molar-refractivity contribution in [1.29, 1.82) is 0 Å². The van der Waals surface area contributed by atoms with Crippen molar-refractivity contribution in [2.45, 2.75) is 44.6 Å². The zero-order valence-electron chi connectivity index (χ0n) is 15.3. The number of rotatable bonds is 6. The topological polar surface area (TPSA) is 62.5 Å². The standard InChI is InChI=1S/C20H26N4O2/c1-15(16-5-3-2-4-6-16)13-19(25)24-11-9-23(10-12-24)14-18-21-20(22-26-18)17-7-8-17/h2-6,15,17H,7-14H2,1H3/t15-/m1/s1. The quantitative estimate of drug-likeness (QED) is 0.798. The third-order valence-electron chi connectivity index (χ3n) is 5.36. The van der Waals surface area contributed by atoms with E-state index in [1.54, 1.807) is 0 Å². The molecule has 2 heterocycles. The Kier molecular flexibility index (Phi) is 5.02. The fourth-order valence-electron chi connectivity index (χ4n) is 3.48. The van der Waals surface area contributed by atoms with Crippen molar-refractivity contribution in [2.24, 2.45) is 0 Å². The number of amides is 1. The average molecular weight is 354 g/mol. The van der Waals surface area contributed by atoms with Gasteiger partial charge in [-0.3, -0.25) is 9.69 Å². The van der Waals surface area contributed by atoms with Crippen LogP contribution in [0.15, 0.2) is 34.9 Å². The Morgan fingerprint density at radius 1 is 1.19 bits per heavy atom. The molecule has 0 N–H and O–H groups in total. The van der Waals surface area contributed by atoms with Crippen LogP contribution in [0.4, 0.5) is 0 Å². The maximum Gasteiger partial charge on any atom is 0.240 e. The van der Waals surface area contributed by atoms with Gasteiger partial charge in [-0.15, -0.1) is 0 Å². The summed E-state index contributed by atoms with van der Waals surface area (Å²) in [6.45, 7) is 6.05. The third-order valence-corrected chi connectivity index (χ3v) is 5.36. The fraction of sp³-hybridized carbons (Fsp3) is 0.550. The zero-order valence-corrected chi connectivity index (χ0v) is 15.3. The van der Waals surface area contributed by atoms with Gasteiger partial charge in [0.25, 0.3) is 0 Å². The van der Waals surface area contributed by atoms with Crippen molar-refractivity contribution in [2.75, 3.05) is 26.2 Å². The zero-order chi connectivity index (χ0) is 17.9. The third kappa shape index (κ3) is 4.12. The van der Waals surface area contributed by atoms with E-state index in [4.69, 9.17) is 4.52 Å². The summed E-state index contributed by atoms with van der Waals surface area (Å²) in [7, 11) is 0. The molecule has 1 amide bonds. The Balaban J connectivity index is 1.24. The Labute approximate surface area is 154 Å². The highest BCUT2D eigenvalue weighted by Gasteiger charge is 2.29. The minimum absolute atomic E-state index is 0.245. The molecule has 0 radical (unpaired) electrons. The molecule has 2 aliphatic rings. The Hall–Kier alpha value is -2.21. The lowest BCUT2D eigenvalue weighted by Gasteiger charge is -2.34. The highest BCUT2D eigenvalue weighted by Crippen LogP contribution is 2.38. The minimum atomic E-state index is 0.245. The molecule has 1 aromatic carbocycles. The Morgan fingerprint density at radius 2 is 1.92 bits per heavy atom. The van der Waals surface area contributed by atoms with Gasteiger partial charge in [-0.25, -0.2) is 0 Å². The van der Waals surface area contributed by atoms with Gasteiger partial charge >= 0.3 is 0 Å². The predicted molar refractivity (Wildman–Crippen MR) is 97.6 cm³/mol. The summed E-state index contributed by atoms with van der Waals surface area (Å²) in [5.41, 5.74) is 1.22. The van der Waals surface area contributed by atoms with Gasteiger partial charge in [0.2, 0.25) is 11.8 Å². The van der Waals surface area contributed by atoms with Crippen molar-refractivity contribution in [3.05, 3.63) is 47.6 Å². The lowest BCUT2D eigenvalue weighted by atomic mass is 9.97. The largest absolute Gasteiger partial charge is 0.340 e. The van der Waals surface area contributed by atoms with E-state index in [1.807, 2.05) is 23.1 Å². The van der Waals surface area contributed by atoms with E-state index in [-0.39, 0.29) is 11.8 Å². The SMILES string of the molecule is C[C@H](CC(=O)N1CCN(Cc2nc(C3CC3)no2)CC1)c1ccccc1. The monoisotopic (exact) mass is 354 g/mol. The average Bonchev–Trinajstić information content (AvgIpc) is 3.42. The minimum Gasteiger partial charge on any atom is -0.340 e. The van der Waals surface area contributed by atoms with Gasteiger partial charge in [-0.1, -0.05) is 42.4 Å². The van der Waals surface area contributed by atoms with Crippen LogP contribution in [-0.4, -0.2) is 52.0 Å². The molecule has 1 saturated heterocycles. The summed E-state index contributed by atoms with van der Waals surface area (Å²) in [6.07, 6.45) is 2.93. The van der Waals surface area contributed by atoms with E-state index in [9.17, 15) is 4.79 Å². The summed E-state index contributed by atoms with van der Waals surface area (Å²) in [6, 6.07) is 10.3. The molecule has 4 rings (SSSR count). The smallest absolute Gasteiger partial charge is 0.240 e. The molecule has 1 aliphatic heterocycles. The number of hydrogen-bond acceptors (Lipinski definition) is 5. The van der Waals surface area contributed by atoms with Gasteiger partial charge in [0.05, 0.1) is 6.54 Å². The molecular weight excluding hydrogens is 328 g/mol. The van der Waals surface area contributed by atoms with Crippen LogP contribution < -0.4 is 0 Å². The second kappa shape index (κ2) is 7.58. The van der Waals surface area contributed by atoms with Crippen LogP contribution in [0.1, 0.15) is 55.3 Å². The molecule has 26 heavy (non-hydrogen) atoms. The van der Waals surface area contributed by atoms with Gasteiger partial charge in [0, 0.05) is 38.5 Å². The molecule has 1 aliphatic carbocycles. The molecule has 0 spiro atoms. The van der Waals surface area contributed by atoms with E-state index in [0.717, 1.165) is 32.0 Å². The summed E-state index contributed by atoms with van der Waals surface area (Å²) in [5, 5.41) is 4.07. The molecule has 138 valence electrons. The van der Waals surface area contributed by atoms with Crippen LogP contribution in [-0.2, 0) is 11.3 Å². The van der Waals surface area contributed by atoms with Crippen molar-refractivity contribution >= 4 is 5.91 Å². The number of hydrogen-bond donors (Lipinski definition) is 0. The number of aromatic nitrogens is 2. The molecule has 2 fully saturated rings. The van der Waals surface area contributed by atoms with E-state index in [0.29, 0.717) is 24.8 Å². The van der Waals surface area contributed by atoms with Crippen LogP contribution in [0.25, 0.3) is 0 Å². The van der Waals surface area contributed by atoms with Crippen molar-refractivity contribution < 1.29 is 9.32 Å². The molecule has 0 bridgehead atoms. The number of carbonyl (C=O) groups is 1. The molecule has 0 unspecified atom stereocenters. The lowest BCUT2D eigenvalue weighted by molar-refractivity contribution is -0.133. The Bertz CT molecular complexity index is 733. The summed E-state index contributed by atoms with van der Waals surface area (Å²) < 4.78 is 5.36. The van der Waals surface area contributed by atoms with Crippen LogP contribution in [0.2, 0.25) is 0 Å². The first-order chi connectivity index (χ1) is 12.7. The number of piperazine rings is 1. The fourth-order valence-corrected chi connectivity index (χ4v) is 3.48. The van der Waals surface area contributed by atoms with Crippen molar-refractivity contribution in [1.82, 2.24) is 19.9 Å². The highest BCUT2D eigenvalue weighted by molar-refractivity contribution is 5.77. The molecule has 2 aromatic rings. The number of benzene rings is 1. The van der Waals surface area contributed by atoms with E-state index >= 15 is 0 Å². The molecular formula is C20H26N4O2. The molecule has 1 atom stereocenters. The normalized spacial score (nSPS) is 19.5. The van der Waals surface area contributed by atoms with Gasteiger partial charge in [0.1, 0.15) is 0 Å². The number of carbonyl (C=O) groups excluding carboxylic acids is 1. The van der Waals surface area contributed by atoms with E-state index in [1.165, 1.54) is 18.4 Å². The molecule has 6 nitrogen and oxygen atoms in total. The van der Waals surface area contributed by atoms with E-state index < -0.39 is 0 Å². The maximum absolute atomic E-state index is 12.6. The van der Waals surface area contributed by atoms with Crippen LogP contribution in [0.5, 0.6) is 0 Å². The van der Waals surface area contributed by atoms with E-state index in [2.05, 4.69) is 34.1 Å². The van der Waals surface area contributed by atoms with Gasteiger partial charge in [-0.05, 0) is 24.3 Å². The first-order valence-corrected chi connectivity index (χ1v) is 9.56. The highest BCUT2D eigenvalue weighted by atomic mass is 16.5.